The van der Waals surface area contributed by atoms with Crippen molar-refractivity contribution >= 4 is 72.8 Å². The summed E-state index contributed by atoms with van der Waals surface area (Å²) >= 11 is 0. The highest BCUT2D eigenvalue weighted by Gasteiger charge is 2.18. The highest BCUT2D eigenvalue weighted by Crippen LogP contribution is 2.41. The molecule has 10 rings (SSSR count). The molecule has 0 fully saturated rings. The Bertz CT molecular complexity index is 2840. The molecule has 0 N–H and O–H groups in total. The molecule has 244 valence electrons. The minimum Gasteiger partial charge on any atom is -0.309 e. The van der Waals surface area contributed by atoms with E-state index in [1.807, 2.05) is 36.4 Å². The van der Waals surface area contributed by atoms with Gasteiger partial charge >= 0.3 is 0 Å². The second-order valence-corrected chi connectivity index (χ2v) is 13.2. The van der Waals surface area contributed by atoms with Crippen LogP contribution >= 0.6 is 0 Å². The zero-order valence-electron chi connectivity index (χ0n) is 28.3. The summed E-state index contributed by atoms with van der Waals surface area (Å²) in [6.07, 6.45) is 7.95. The van der Waals surface area contributed by atoms with Crippen molar-refractivity contribution in [2.45, 2.75) is 0 Å². The van der Waals surface area contributed by atoms with E-state index in [1.54, 1.807) is 12.4 Å². The van der Waals surface area contributed by atoms with E-state index in [0.717, 1.165) is 28.5 Å². The number of rotatable bonds is 7. The molecule has 0 amide bonds. The van der Waals surface area contributed by atoms with E-state index in [4.69, 9.17) is 0 Å². The van der Waals surface area contributed by atoms with Crippen molar-refractivity contribution in [1.82, 2.24) is 14.5 Å². The minimum absolute atomic E-state index is 0.824. The number of fused-ring (bicyclic) bond motifs is 1. The summed E-state index contributed by atoms with van der Waals surface area (Å²) in [6.45, 7) is 0. The number of hydrogen-bond acceptors (Lipinski definition) is 3. The van der Waals surface area contributed by atoms with Gasteiger partial charge in [-0.15, -0.1) is 0 Å². The van der Waals surface area contributed by atoms with Gasteiger partial charge in [-0.25, -0.2) is 9.97 Å². The van der Waals surface area contributed by atoms with Gasteiger partial charge in [-0.3, -0.25) is 4.90 Å². The topological polar surface area (TPSA) is 34.0 Å². The van der Waals surface area contributed by atoms with Crippen molar-refractivity contribution in [3.05, 3.63) is 193 Å². The molecule has 52 heavy (non-hydrogen) atoms. The standard InChI is InChI=1S/C48H32N4/c1-2-10-41(11-3-1)51-43-12-8-9-35-21-24-39-31-40(32-44(51)48(39)47(35)43)38-23-22-36-29-34(17-20-37(36)30-38)16-15-33-18-25-42(26-19-33)52(45-13-4-6-27-49-45)46-14-5-7-28-50-46/h1-32H/b16-15+. The summed E-state index contributed by atoms with van der Waals surface area (Å²) < 4.78 is 2.42. The molecule has 7 aromatic carbocycles. The molecule has 0 spiro atoms. The van der Waals surface area contributed by atoms with E-state index in [2.05, 4.69) is 165 Å². The SMILES string of the molecule is C(=C\c1ccc2cc(-c3cc4ccc5cccc6c5c4c(c3)n6-c3ccccc3)ccc2c1)/c1ccc(N(c2ccccn2)c2ccccn2)cc1. The molecule has 0 aliphatic rings. The number of para-hydroxylation sites is 1. The fraction of sp³-hybridized carbons (Fsp3) is 0. The Kier molecular flexibility index (Phi) is 7.10. The fourth-order valence-corrected chi connectivity index (χ4v) is 7.54. The van der Waals surface area contributed by atoms with Crippen molar-refractivity contribution in [3.63, 3.8) is 0 Å². The highest BCUT2D eigenvalue weighted by atomic mass is 15.2. The lowest BCUT2D eigenvalue weighted by molar-refractivity contribution is 1.12. The van der Waals surface area contributed by atoms with Crippen LogP contribution in [0.1, 0.15) is 11.1 Å². The Morgan fingerprint density at radius 2 is 1.06 bits per heavy atom. The predicted octanol–water partition coefficient (Wildman–Crippen LogP) is 12.6. The second-order valence-electron chi connectivity index (χ2n) is 13.2. The maximum absolute atomic E-state index is 4.59. The third kappa shape index (κ3) is 5.17. The van der Waals surface area contributed by atoms with Crippen LogP contribution in [0.15, 0.2) is 182 Å². The zero-order valence-corrected chi connectivity index (χ0v) is 28.3. The minimum atomic E-state index is 0.824. The second kappa shape index (κ2) is 12.4. The number of nitrogens with zero attached hydrogens (tertiary/aromatic N) is 4. The normalized spacial score (nSPS) is 11.8. The van der Waals surface area contributed by atoms with Crippen LogP contribution in [-0.2, 0) is 0 Å². The molecule has 4 heteroatoms. The van der Waals surface area contributed by atoms with E-state index in [1.165, 1.54) is 60.2 Å². The van der Waals surface area contributed by atoms with Gasteiger partial charge in [0.1, 0.15) is 11.6 Å². The summed E-state index contributed by atoms with van der Waals surface area (Å²) in [4.78, 5) is 11.2. The van der Waals surface area contributed by atoms with Crippen LogP contribution in [-0.4, -0.2) is 14.5 Å². The summed E-state index contributed by atoms with van der Waals surface area (Å²) in [5, 5.41) is 7.63. The summed E-state index contributed by atoms with van der Waals surface area (Å²) in [5.74, 6) is 1.65. The molecular weight excluding hydrogens is 633 g/mol. The van der Waals surface area contributed by atoms with Crippen molar-refractivity contribution < 1.29 is 0 Å². The lowest BCUT2D eigenvalue weighted by atomic mass is 9.95. The van der Waals surface area contributed by atoms with Crippen LogP contribution < -0.4 is 4.90 Å². The van der Waals surface area contributed by atoms with Gasteiger partial charge in [-0.2, -0.15) is 0 Å². The van der Waals surface area contributed by atoms with Gasteiger partial charge in [-0.1, -0.05) is 103 Å². The Balaban J connectivity index is 0.960. The Morgan fingerprint density at radius 3 is 1.83 bits per heavy atom. The maximum atomic E-state index is 4.59. The third-order valence-electron chi connectivity index (χ3n) is 9.99. The van der Waals surface area contributed by atoms with E-state index in [9.17, 15) is 0 Å². The highest BCUT2D eigenvalue weighted by molar-refractivity contribution is 6.25. The summed E-state index contributed by atoms with van der Waals surface area (Å²) in [5.41, 5.74) is 9.37. The first-order chi connectivity index (χ1) is 25.8. The first-order valence-corrected chi connectivity index (χ1v) is 17.6. The number of anilines is 3. The quantitative estimate of drug-likeness (QED) is 0.126. The van der Waals surface area contributed by atoms with Gasteiger partial charge in [0.2, 0.25) is 0 Å². The van der Waals surface area contributed by atoms with Crippen LogP contribution in [0.3, 0.4) is 0 Å². The molecule has 0 saturated carbocycles. The average molecular weight is 665 g/mol. The van der Waals surface area contributed by atoms with Crippen molar-refractivity contribution in [3.8, 4) is 16.8 Å². The average Bonchev–Trinajstić information content (AvgIpc) is 3.56. The Hall–Kier alpha value is -7.04. The van der Waals surface area contributed by atoms with Crippen LogP contribution in [0, 0.1) is 0 Å². The van der Waals surface area contributed by atoms with Crippen molar-refractivity contribution in [2.24, 2.45) is 0 Å². The molecule has 10 aromatic rings. The van der Waals surface area contributed by atoms with Gasteiger partial charge in [0.25, 0.3) is 0 Å². The largest absolute Gasteiger partial charge is 0.309 e. The smallest absolute Gasteiger partial charge is 0.138 e. The van der Waals surface area contributed by atoms with Gasteiger partial charge in [0.05, 0.1) is 11.0 Å². The lowest BCUT2D eigenvalue weighted by Crippen LogP contribution is -2.12. The molecule has 0 bridgehead atoms. The van der Waals surface area contributed by atoms with Crippen molar-refractivity contribution in [1.29, 1.82) is 0 Å². The molecule has 0 radical (unpaired) electrons. The first-order valence-electron chi connectivity index (χ1n) is 17.6. The first kappa shape index (κ1) is 29.8. The molecular formula is C48H32N4. The van der Waals surface area contributed by atoms with Gasteiger partial charge < -0.3 is 4.57 Å². The van der Waals surface area contributed by atoms with E-state index < -0.39 is 0 Å². The fourth-order valence-electron chi connectivity index (χ4n) is 7.54. The van der Waals surface area contributed by atoms with Crippen molar-refractivity contribution in [2.75, 3.05) is 4.90 Å². The zero-order chi connectivity index (χ0) is 34.4. The van der Waals surface area contributed by atoms with Crippen LogP contribution in [0.5, 0.6) is 0 Å². The monoisotopic (exact) mass is 664 g/mol. The molecule has 0 aliphatic carbocycles. The third-order valence-corrected chi connectivity index (χ3v) is 9.99. The summed E-state index contributed by atoms with van der Waals surface area (Å²) in [6, 6.07) is 60.4. The molecule has 3 heterocycles. The van der Waals surface area contributed by atoms with E-state index >= 15 is 0 Å². The predicted molar refractivity (Wildman–Crippen MR) is 218 cm³/mol. The maximum Gasteiger partial charge on any atom is 0.138 e. The Morgan fingerprint density at radius 1 is 0.423 bits per heavy atom. The summed E-state index contributed by atoms with van der Waals surface area (Å²) in [7, 11) is 0. The number of aromatic nitrogens is 3. The lowest BCUT2D eigenvalue weighted by Gasteiger charge is -2.22. The van der Waals surface area contributed by atoms with E-state index in [-0.39, 0.29) is 0 Å². The van der Waals surface area contributed by atoms with Gasteiger partial charge in [0, 0.05) is 34.5 Å². The number of pyridine rings is 2. The molecule has 0 atom stereocenters. The van der Waals surface area contributed by atoms with Crippen LogP contribution in [0.25, 0.3) is 72.3 Å². The Labute approximate surface area is 301 Å². The molecule has 4 nitrogen and oxygen atoms in total. The van der Waals surface area contributed by atoms with Crippen LogP contribution in [0.2, 0.25) is 0 Å². The molecule has 0 aliphatic heterocycles. The van der Waals surface area contributed by atoms with Gasteiger partial charge in [0.15, 0.2) is 0 Å². The molecule has 0 unspecified atom stereocenters. The number of hydrogen-bond donors (Lipinski definition) is 0. The van der Waals surface area contributed by atoms with E-state index in [0.29, 0.717) is 0 Å². The van der Waals surface area contributed by atoms with Crippen LogP contribution in [0.4, 0.5) is 17.3 Å². The molecule has 0 saturated heterocycles. The number of benzene rings is 7. The van der Waals surface area contributed by atoms with Gasteiger partial charge in [-0.05, 0) is 123 Å². The molecule has 3 aromatic heterocycles.